The summed E-state index contributed by atoms with van der Waals surface area (Å²) < 4.78 is 3.72. The zero-order valence-corrected chi connectivity index (χ0v) is 14.3. The second-order valence-corrected chi connectivity index (χ2v) is 6.97. The lowest BCUT2D eigenvalue weighted by atomic mass is 10.3. The molecule has 2 aromatic rings. The van der Waals surface area contributed by atoms with Gasteiger partial charge in [0.1, 0.15) is 5.69 Å². The molecular weight excluding hydrogens is 407 g/mol. The summed E-state index contributed by atoms with van der Waals surface area (Å²) in [7, 11) is 0. The van der Waals surface area contributed by atoms with Crippen molar-refractivity contribution >= 4 is 55.1 Å². The van der Waals surface area contributed by atoms with Gasteiger partial charge < -0.3 is 9.88 Å². The van der Waals surface area contributed by atoms with E-state index < -0.39 is 0 Å². The molecule has 1 heterocycles. The van der Waals surface area contributed by atoms with Crippen molar-refractivity contribution < 1.29 is 4.79 Å². The molecule has 0 aliphatic heterocycles. The number of anilines is 1. The van der Waals surface area contributed by atoms with E-state index in [1.54, 1.807) is 18.2 Å². The maximum Gasteiger partial charge on any atom is 0.272 e. The smallest absolute Gasteiger partial charge is 0.272 e. The third kappa shape index (κ3) is 2.95. The van der Waals surface area contributed by atoms with E-state index in [1.807, 2.05) is 16.8 Å². The summed E-state index contributed by atoms with van der Waals surface area (Å²) in [5.74, 6) is -0.120. The third-order valence-corrected chi connectivity index (χ3v) is 4.49. The number of amides is 1. The first-order valence-corrected chi connectivity index (χ1v) is 8.15. The molecule has 1 aromatic carbocycles. The Balaban J connectivity index is 1.86. The molecule has 0 saturated heterocycles. The number of hydrogen-bond donors (Lipinski definition) is 1. The Morgan fingerprint density at radius 1 is 1.30 bits per heavy atom. The number of nitrogens with one attached hydrogen (secondary N) is 1. The molecule has 1 aliphatic carbocycles. The van der Waals surface area contributed by atoms with Gasteiger partial charge in [-0.1, -0.05) is 11.6 Å². The van der Waals surface area contributed by atoms with Crippen molar-refractivity contribution in [2.75, 3.05) is 5.32 Å². The van der Waals surface area contributed by atoms with E-state index >= 15 is 0 Å². The predicted molar refractivity (Wildman–Crippen MR) is 87.5 cm³/mol. The first-order chi connectivity index (χ1) is 9.54. The summed E-state index contributed by atoms with van der Waals surface area (Å²) in [6.45, 7) is 0. The number of benzene rings is 1. The fourth-order valence-corrected chi connectivity index (χ4v) is 3.28. The van der Waals surface area contributed by atoms with Gasteiger partial charge in [0, 0.05) is 26.2 Å². The van der Waals surface area contributed by atoms with Crippen molar-refractivity contribution in [3.63, 3.8) is 0 Å². The van der Waals surface area contributed by atoms with Crippen molar-refractivity contribution in [3.8, 4) is 0 Å². The summed E-state index contributed by atoms with van der Waals surface area (Å²) in [5, 5.41) is 3.53. The highest BCUT2D eigenvalue weighted by molar-refractivity contribution is 9.10. The fraction of sp³-hybridized carbons (Fsp3) is 0.214. The lowest BCUT2D eigenvalue weighted by Gasteiger charge is -2.10. The number of aromatic nitrogens is 1. The molecule has 1 saturated carbocycles. The van der Waals surface area contributed by atoms with Crippen LogP contribution in [0.2, 0.25) is 5.02 Å². The molecule has 104 valence electrons. The number of nitrogens with zero attached hydrogens (tertiary/aromatic N) is 1. The second kappa shape index (κ2) is 5.54. The van der Waals surface area contributed by atoms with Crippen LogP contribution in [0.3, 0.4) is 0 Å². The van der Waals surface area contributed by atoms with Crippen molar-refractivity contribution in [2.45, 2.75) is 18.9 Å². The number of rotatable bonds is 3. The Kier molecular flexibility index (Phi) is 3.93. The van der Waals surface area contributed by atoms with Crippen LogP contribution in [0.15, 0.2) is 39.4 Å². The van der Waals surface area contributed by atoms with Gasteiger partial charge in [-0.15, -0.1) is 0 Å². The summed E-state index contributed by atoms with van der Waals surface area (Å²) in [4.78, 5) is 12.4. The van der Waals surface area contributed by atoms with E-state index in [4.69, 9.17) is 11.6 Å². The van der Waals surface area contributed by atoms with Crippen LogP contribution in [0, 0.1) is 0 Å². The van der Waals surface area contributed by atoms with Crippen LogP contribution in [0.4, 0.5) is 5.69 Å². The molecule has 3 nitrogen and oxygen atoms in total. The third-order valence-electron chi connectivity index (χ3n) is 3.17. The van der Waals surface area contributed by atoms with Crippen molar-refractivity contribution in [1.82, 2.24) is 4.57 Å². The van der Waals surface area contributed by atoms with Crippen molar-refractivity contribution in [2.24, 2.45) is 0 Å². The molecule has 0 bridgehead atoms. The Hall–Kier alpha value is -0.780. The van der Waals surface area contributed by atoms with E-state index in [9.17, 15) is 4.79 Å². The van der Waals surface area contributed by atoms with E-state index in [-0.39, 0.29) is 5.91 Å². The second-order valence-electron chi connectivity index (χ2n) is 4.76. The molecule has 0 unspecified atom stereocenters. The maximum absolute atomic E-state index is 12.4. The quantitative estimate of drug-likeness (QED) is 0.725. The standard InChI is InChI=1S/C14H11Br2ClN2O/c15-8-5-13(19(7-8)10-2-3-10)14(20)18-12-4-1-9(17)6-11(12)16/h1,4-7,10H,2-3H2,(H,18,20). The number of carbonyl (C=O) groups is 1. The van der Waals surface area contributed by atoms with Gasteiger partial charge in [0.2, 0.25) is 0 Å². The highest BCUT2D eigenvalue weighted by atomic mass is 79.9. The minimum absolute atomic E-state index is 0.120. The Bertz CT molecular complexity index is 680. The number of halogens is 3. The van der Waals surface area contributed by atoms with E-state index in [0.717, 1.165) is 21.8 Å². The lowest BCUT2D eigenvalue weighted by Crippen LogP contribution is -2.16. The fourth-order valence-electron chi connectivity index (χ4n) is 2.06. The number of hydrogen-bond acceptors (Lipinski definition) is 1. The van der Waals surface area contributed by atoms with Gasteiger partial charge in [-0.05, 0) is 69.0 Å². The molecule has 1 aliphatic rings. The average molecular weight is 419 g/mol. The topological polar surface area (TPSA) is 34.0 Å². The Morgan fingerprint density at radius 3 is 2.70 bits per heavy atom. The highest BCUT2D eigenvalue weighted by Gasteiger charge is 2.27. The molecule has 1 N–H and O–H groups in total. The molecule has 0 spiro atoms. The predicted octanol–water partition coefficient (Wildman–Crippen LogP) is 5.25. The van der Waals surface area contributed by atoms with Crippen LogP contribution in [0.1, 0.15) is 29.4 Å². The molecule has 0 radical (unpaired) electrons. The average Bonchev–Trinajstić information content (AvgIpc) is 3.16. The first kappa shape index (κ1) is 14.2. The van der Waals surface area contributed by atoms with Gasteiger partial charge >= 0.3 is 0 Å². The van der Waals surface area contributed by atoms with Crippen LogP contribution < -0.4 is 5.32 Å². The Morgan fingerprint density at radius 2 is 2.05 bits per heavy atom. The highest BCUT2D eigenvalue weighted by Crippen LogP contribution is 2.37. The van der Waals surface area contributed by atoms with Crippen molar-refractivity contribution in [1.29, 1.82) is 0 Å². The van der Waals surface area contributed by atoms with Crippen LogP contribution in [-0.2, 0) is 0 Å². The van der Waals surface area contributed by atoms with Gasteiger partial charge in [0.05, 0.1) is 5.69 Å². The molecule has 3 rings (SSSR count). The van der Waals surface area contributed by atoms with Gasteiger partial charge in [-0.25, -0.2) is 0 Å². The Labute approximate surface area is 138 Å². The number of carbonyl (C=O) groups excluding carboxylic acids is 1. The molecule has 1 aromatic heterocycles. The summed E-state index contributed by atoms with van der Waals surface area (Å²) in [6.07, 6.45) is 4.22. The van der Waals surface area contributed by atoms with Crippen LogP contribution in [0.5, 0.6) is 0 Å². The van der Waals surface area contributed by atoms with Crippen LogP contribution >= 0.6 is 43.5 Å². The summed E-state index contributed by atoms with van der Waals surface area (Å²) in [5.41, 5.74) is 1.38. The lowest BCUT2D eigenvalue weighted by molar-refractivity contribution is 0.101. The summed E-state index contributed by atoms with van der Waals surface area (Å²) >= 11 is 12.7. The minimum Gasteiger partial charge on any atom is -0.339 e. The van der Waals surface area contributed by atoms with Gasteiger partial charge in [0.25, 0.3) is 5.91 Å². The van der Waals surface area contributed by atoms with E-state index in [0.29, 0.717) is 22.4 Å². The monoisotopic (exact) mass is 416 g/mol. The normalized spacial score (nSPS) is 14.3. The zero-order chi connectivity index (χ0) is 14.3. The van der Waals surface area contributed by atoms with Crippen LogP contribution in [-0.4, -0.2) is 10.5 Å². The molecule has 6 heteroatoms. The SMILES string of the molecule is O=C(Nc1ccc(Cl)cc1Br)c1cc(Br)cn1C1CC1. The summed E-state index contributed by atoms with van der Waals surface area (Å²) in [6, 6.07) is 7.59. The molecule has 0 atom stereocenters. The van der Waals surface area contributed by atoms with E-state index in [2.05, 4.69) is 37.2 Å². The van der Waals surface area contributed by atoms with Crippen molar-refractivity contribution in [3.05, 3.63) is 50.1 Å². The van der Waals surface area contributed by atoms with E-state index in [1.165, 1.54) is 0 Å². The largest absolute Gasteiger partial charge is 0.339 e. The molecule has 1 fully saturated rings. The van der Waals surface area contributed by atoms with Gasteiger partial charge in [-0.2, -0.15) is 0 Å². The molecule has 20 heavy (non-hydrogen) atoms. The molecule has 1 amide bonds. The molecular formula is C14H11Br2ClN2O. The first-order valence-electron chi connectivity index (χ1n) is 6.18. The minimum atomic E-state index is -0.120. The van der Waals surface area contributed by atoms with Crippen LogP contribution in [0.25, 0.3) is 0 Å². The maximum atomic E-state index is 12.4. The van der Waals surface area contributed by atoms with Gasteiger partial charge in [0.15, 0.2) is 0 Å². The zero-order valence-electron chi connectivity index (χ0n) is 10.4. The van der Waals surface area contributed by atoms with Gasteiger partial charge in [-0.3, -0.25) is 4.79 Å².